The number of aromatic nitrogens is 3. The normalized spacial score (nSPS) is 11.5. The number of nitrogens with zero attached hydrogens (tertiary/aromatic N) is 5. The van der Waals surface area contributed by atoms with E-state index in [1.54, 1.807) is 17.4 Å². The van der Waals surface area contributed by atoms with Gasteiger partial charge < -0.3 is 14.4 Å². The first-order chi connectivity index (χ1) is 12.9. The lowest BCUT2D eigenvalue weighted by molar-refractivity contribution is 0.0784. The topological polar surface area (TPSA) is 54.3 Å². The molecule has 6 heteroatoms. The van der Waals surface area contributed by atoms with E-state index in [-0.39, 0.29) is 11.9 Å². The van der Waals surface area contributed by atoms with Gasteiger partial charge in [-0.3, -0.25) is 4.79 Å². The molecule has 0 atom stereocenters. The lowest BCUT2D eigenvalue weighted by Gasteiger charge is -2.20. The van der Waals surface area contributed by atoms with E-state index >= 15 is 0 Å². The van der Waals surface area contributed by atoms with Crippen molar-refractivity contribution >= 4 is 17.1 Å². The van der Waals surface area contributed by atoms with Crippen LogP contribution in [0.25, 0.3) is 11.2 Å². The first-order valence-corrected chi connectivity index (χ1v) is 9.16. The zero-order valence-corrected chi connectivity index (χ0v) is 16.7. The van der Waals surface area contributed by atoms with Crippen LogP contribution in [0.3, 0.4) is 0 Å². The number of amides is 1. The van der Waals surface area contributed by atoms with Gasteiger partial charge in [0.25, 0.3) is 5.91 Å². The Hall–Kier alpha value is -2.73. The summed E-state index contributed by atoms with van der Waals surface area (Å²) < 4.78 is 2.00. The van der Waals surface area contributed by atoms with Crippen LogP contribution in [0.4, 0.5) is 0 Å². The highest BCUT2D eigenvalue weighted by Crippen LogP contribution is 2.18. The summed E-state index contributed by atoms with van der Waals surface area (Å²) >= 11 is 0. The minimum Gasteiger partial charge on any atom is -0.337 e. The van der Waals surface area contributed by atoms with Gasteiger partial charge in [-0.25, -0.2) is 9.97 Å². The molecule has 142 valence electrons. The molecule has 0 aliphatic heterocycles. The van der Waals surface area contributed by atoms with Gasteiger partial charge in [0.2, 0.25) is 0 Å². The fourth-order valence-electron chi connectivity index (χ4n) is 3.17. The Labute approximate surface area is 160 Å². The summed E-state index contributed by atoms with van der Waals surface area (Å²) in [6.07, 6.45) is 3.42. The van der Waals surface area contributed by atoms with Gasteiger partial charge in [-0.15, -0.1) is 0 Å². The van der Waals surface area contributed by atoms with Gasteiger partial charge in [-0.05, 0) is 45.1 Å². The Kier molecular flexibility index (Phi) is 5.56. The molecule has 0 bridgehead atoms. The monoisotopic (exact) mass is 365 g/mol. The highest BCUT2D eigenvalue weighted by molar-refractivity contribution is 5.96. The van der Waals surface area contributed by atoms with Gasteiger partial charge in [0, 0.05) is 32.4 Å². The molecule has 0 saturated carbocycles. The van der Waals surface area contributed by atoms with E-state index in [4.69, 9.17) is 0 Å². The molecule has 1 aromatic carbocycles. The molecule has 27 heavy (non-hydrogen) atoms. The van der Waals surface area contributed by atoms with Crippen molar-refractivity contribution in [1.29, 1.82) is 0 Å². The van der Waals surface area contributed by atoms with E-state index in [1.165, 1.54) is 5.56 Å². The molecule has 2 aromatic heterocycles. The first kappa shape index (κ1) is 19.0. The van der Waals surface area contributed by atoms with E-state index < -0.39 is 0 Å². The Balaban J connectivity index is 1.81. The molecule has 0 aliphatic rings. The van der Waals surface area contributed by atoms with Crippen LogP contribution in [0.1, 0.15) is 41.4 Å². The average Bonchev–Trinajstić information content (AvgIpc) is 3.05. The lowest BCUT2D eigenvalue weighted by Crippen LogP contribution is -2.27. The third-order valence-electron chi connectivity index (χ3n) is 4.58. The second-order valence-electron chi connectivity index (χ2n) is 7.48. The molecule has 1 amide bonds. The van der Waals surface area contributed by atoms with Crippen LogP contribution in [-0.2, 0) is 13.1 Å². The van der Waals surface area contributed by atoms with Crippen LogP contribution >= 0.6 is 0 Å². The average molecular weight is 365 g/mol. The van der Waals surface area contributed by atoms with Crippen molar-refractivity contribution in [3.8, 4) is 0 Å². The van der Waals surface area contributed by atoms with Gasteiger partial charge in [-0.2, -0.15) is 0 Å². The van der Waals surface area contributed by atoms with Gasteiger partial charge >= 0.3 is 0 Å². The summed E-state index contributed by atoms with van der Waals surface area (Å²) in [5.41, 5.74) is 4.49. The summed E-state index contributed by atoms with van der Waals surface area (Å²) in [5.74, 6) is -0.0526. The molecule has 3 rings (SSSR count). The van der Waals surface area contributed by atoms with Crippen LogP contribution in [0, 0.1) is 0 Å². The predicted molar refractivity (Wildman–Crippen MR) is 108 cm³/mol. The maximum absolute atomic E-state index is 12.9. The Morgan fingerprint density at radius 2 is 1.74 bits per heavy atom. The van der Waals surface area contributed by atoms with Gasteiger partial charge in [0.1, 0.15) is 5.52 Å². The SMILES string of the molecule is CC(C)n1cnc2cc(C(=O)N(C)Cc3ccccc3CN(C)C)cnc21. The zero-order valence-electron chi connectivity index (χ0n) is 16.7. The second kappa shape index (κ2) is 7.88. The Morgan fingerprint density at radius 1 is 1.07 bits per heavy atom. The number of hydrogen-bond acceptors (Lipinski definition) is 4. The van der Waals surface area contributed by atoms with E-state index in [9.17, 15) is 4.79 Å². The molecule has 0 radical (unpaired) electrons. The third kappa shape index (κ3) is 4.17. The van der Waals surface area contributed by atoms with Crippen LogP contribution in [0.5, 0.6) is 0 Å². The summed E-state index contributed by atoms with van der Waals surface area (Å²) in [7, 11) is 5.91. The molecule has 0 spiro atoms. The maximum Gasteiger partial charge on any atom is 0.255 e. The standard InChI is InChI=1S/C21H27N5O/c1-15(2)26-14-23-19-10-18(11-22-20(19)26)21(27)25(5)13-17-9-7-6-8-16(17)12-24(3)4/h6-11,14-15H,12-13H2,1-5H3. The van der Waals surface area contributed by atoms with Gasteiger partial charge in [0.15, 0.2) is 5.65 Å². The number of rotatable bonds is 6. The van der Waals surface area contributed by atoms with Crippen molar-refractivity contribution in [2.45, 2.75) is 33.0 Å². The van der Waals surface area contributed by atoms with Crippen molar-refractivity contribution in [2.24, 2.45) is 0 Å². The quantitative estimate of drug-likeness (QED) is 0.672. The van der Waals surface area contributed by atoms with Crippen LogP contribution < -0.4 is 0 Å². The van der Waals surface area contributed by atoms with E-state index in [2.05, 4.69) is 40.8 Å². The minimum atomic E-state index is -0.0526. The van der Waals surface area contributed by atoms with Crippen LogP contribution in [0.15, 0.2) is 42.9 Å². The predicted octanol–water partition coefficient (Wildman–Crippen LogP) is 3.35. The molecular weight excluding hydrogens is 338 g/mol. The third-order valence-corrected chi connectivity index (χ3v) is 4.58. The van der Waals surface area contributed by atoms with E-state index in [1.807, 2.05) is 43.9 Å². The highest BCUT2D eigenvalue weighted by atomic mass is 16.2. The molecule has 0 aliphatic carbocycles. The number of hydrogen-bond donors (Lipinski definition) is 0. The maximum atomic E-state index is 12.9. The van der Waals surface area contributed by atoms with E-state index in [0.717, 1.165) is 23.3 Å². The van der Waals surface area contributed by atoms with Crippen LogP contribution in [0.2, 0.25) is 0 Å². The largest absolute Gasteiger partial charge is 0.337 e. The fourth-order valence-corrected chi connectivity index (χ4v) is 3.17. The number of carbonyl (C=O) groups excluding carboxylic acids is 1. The van der Waals surface area contributed by atoms with Gasteiger partial charge in [-0.1, -0.05) is 24.3 Å². The summed E-state index contributed by atoms with van der Waals surface area (Å²) in [6.45, 7) is 5.57. The lowest BCUT2D eigenvalue weighted by atomic mass is 10.1. The number of carbonyl (C=O) groups is 1. The Bertz CT molecular complexity index is 945. The molecule has 0 unspecified atom stereocenters. The van der Waals surface area contributed by atoms with Crippen molar-refractivity contribution in [3.05, 3.63) is 59.5 Å². The molecule has 0 fully saturated rings. The number of pyridine rings is 1. The van der Waals surface area contributed by atoms with Crippen molar-refractivity contribution in [3.63, 3.8) is 0 Å². The molecule has 2 heterocycles. The van der Waals surface area contributed by atoms with Crippen LogP contribution in [-0.4, -0.2) is 51.4 Å². The smallest absolute Gasteiger partial charge is 0.255 e. The van der Waals surface area contributed by atoms with Crippen molar-refractivity contribution < 1.29 is 4.79 Å². The zero-order chi connectivity index (χ0) is 19.6. The molecule has 3 aromatic rings. The molecule has 0 N–H and O–H groups in total. The van der Waals surface area contributed by atoms with Crippen molar-refractivity contribution in [1.82, 2.24) is 24.3 Å². The number of fused-ring (bicyclic) bond motifs is 1. The second-order valence-corrected chi connectivity index (χ2v) is 7.48. The summed E-state index contributed by atoms with van der Waals surface area (Å²) in [6, 6.07) is 10.3. The minimum absolute atomic E-state index is 0.0526. The fraction of sp³-hybridized carbons (Fsp3) is 0.381. The van der Waals surface area contributed by atoms with Gasteiger partial charge in [0.05, 0.1) is 11.9 Å². The summed E-state index contributed by atoms with van der Waals surface area (Å²) in [4.78, 5) is 25.6. The molecule has 6 nitrogen and oxygen atoms in total. The van der Waals surface area contributed by atoms with E-state index in [0.29, 0.717) is 12.1 Å². The molecule has 0 saturated heterocycles. The highest BCUT2D eigenvalue weighted by Gasteiger charge is 2.16. The molecular formula is C21H27N5O. The number of imidazole rings is 1. The first-order valence-electron chi connectivity index (χ1n) is 9.16. The summed E-state index contributed by atoms with van der Waals surface area (Å²) in [5, 5.41) is 0. The van der Waals surface area contributed by atoms with Crippen molar-refractivity contribution in [2.75, 3.05) is 21.1 Å². The Morgan fingerprint density at radius 3 is 2.37 bits per heavy atom. The number of benzene rings is 1.